The number of carbonyl (C=O) groups is 1. The van der Waals surface area contributed by atoms with Crippen molar-refractivity contribution in [2.45, 2.75) is 13.0 Å². The number of hydrogen-bond donors (Lipinski definition) is 1. The molecule has 0 amide bonds. The van der Waals surface area contributed by atoms with E-state index in [1.807, 2.05) is 29.9 Å². The minimum atomic E-state index is -0.401. The standard InChI is InChI=1S/C15H19N3O3/c1-11(14-8-9-16-18(14)2)17-12-4-6-13(7-5-12)21-10-15(19)20-3/h4-9,11,17H,10H2,1-3H3. The molecular formula is C15H19N3O3. The van der Waals surface area contributed by atoms with Crippen molar-refractivity contribution < 1.29 is 14.3 Å². The average molecular weight is 289 g/mol. The van der Waals surface area contributed by atoms with Crippen molar-refractivity contribution in [2.75, 3.05) is 19.0 Å². The number of carbonyl (C=O) groups excluding carboxylic acids is 1. The predicted molar refractivity (Wildman–Crippen MR) is 79.2 cm³/mol. The number of esters is 1. The summed E-state index contributed by atoms with van der Waals surface area (Å²) in [5.74, 6) is 0.223. The molecule has 2 aromatic rings. The third kappa shape index (κ3) is 3.98. The fourth-order valence-electron chi connectivity index (χ4n) is 1.98. The van der Waals surface area contributed by atoms with Crippen LogP contribution in [-0.2, 0) is 16.6 Å². The van der Waals surface area contributed by atoms with E-state index in [0.29, 0.717) is 5.75 Å². The predicted octanol–water partition coefficient (Wildman–Crippen LogP) is 2.14. The van der Waals surface area contributed by atoms with Crippen LogP contribution in [0, 0.1) is 0 Å². The second-order valence-electron chi connectivity index (χ2n) is 4.63. The Morgan fingerprint density at radius 2 is 2.05 bits per heavy atom. The second-order valence-corrected chi connectivity index (χ2v) is 4.63. The Hall–Kier alpha value is -2.50. The maximum absolute atomic E-state index is 11.0. The first kappa shape index (κ1) is 14.9. The van der Waals surface area contributed by atoms with Crippen LogP contribution in [-0.4, -0.2) is 29.5 Å². The molecule has 0 aliphatic heterocycles. The first-order valence-corrected chi connectivity index (χ1v) is 6.64. The van der Waals surface area contributed by atoms with Gasteiger partial charge in [0.1, 0.15) is 5.75 Å². The zero-order valence-electron chi connectivity index (χ0n) is 12.4. The molecule has 0 radical (unpaired) electrons. The first-order valence-electron chi connectivity index (χ1n) is 6.64. The number of nitrogens with one attached hydrogen (secondary N) is 1. The van der Waals surface area contributed by atoms with E-state index in [1.165, 1.54) is 7.11 Å². The molecule has 0 saturated carbocycles. The number of aromatic nitrogens is 2. The van der Waals surface area contributed by atoms with Gasteiger partial charge in [0.2, 0.25) is 0 Å². The summed E-state index contributed by atoms with van der Waals surface area (Å²) in [5, 5.41) is 7.54. The van der Waals surface area contributed by atoms with Crippen molar-refractivity contribution in [3.8, 4) is 5.75 Å². The lowest BCUT2D eigenvalue weighted by atomic mass is 10.2. The monoisotopic (exact) mass is 289 g/mol. The first-order chi connectivity index (χ1) is 10.1. The zero-order valence-corrected chi connectivity index (χ0v) is 12.4. The van der Waals surface area contributed by atoms with E-state index in [1.54, 1.807) is 18.3 Å². The van der Waals surface area contributed by atoms with Crippen molar-refractivity contribution in [1.82, 2.24) is 9.78 Å². The van der Waals surface area contributed by atoms with Crippen LogP contribution in [0.15, 0.2) is 36.5 Å². The van der Waals surface area contributed by atoms with Gasteiger partial charge in [0.15, 0.2) is 6.61 Å². The highest BCUT2D eigenvalue weighted by molar-refractivity contribution is 5.70. The Morgan fingerprint density at radius 3 is 2.62 bits per heavy atom. The van der Waals surface area contributed by atoms with Crippen LogP contribution in [0.2, 0.25) is 0 Å². The summed E-state index contributed by atoms with van der Waals surface area (Å²) in [4.78, 5) is 11.0. The summed E-state index contributed by atoms with van der Waals surface area (Å²) in [6.45, 7) is 1.98. The number of benzene rings is 1. The number of methoxy groups -OCH3 is 1. The van der Waals surface area contributed by atoms with Crippen molar-refractivity contribution in [3.05, 3.63) is 42.2 Å². The van der Waals surface area contributed by atoms with E-state index >= 15 is 0 Å². The van der Waals surface area contributed by atoms with Crippen molar-refractivity contribution in [2.24, 2.45) is 7.05 Å². The van der Waals surface area contributed by atoms with Crippen molar-refractivity contribution in [3.63, 3.8) is 0 Å². The Morgan fingerprint density at radius 1 is 1.33 bits per heavy atom. The molecule has 0 fully saturated rings. The van der Waals surface area contributed by atoms with Gasteiger partial charge in [-0.2, -0.15) is 5.10 Å². The molecule has 0 saturated heterocycles. The van der Waals surface area contributed by atoms with E-state index in [0.717, 1.165) is 11.4 Å². The van der Waals surface area contributed by atoms with Gasteiger partial charge in [-0.15, -0.1) is 0 Å². The highest BCUT2D eigenvalue weighted by atomic mass is 16.6. The van der Waals surface area contributed by atoms with Gasteiger partial charge in [-0.05, 0) is 37.3 Å². The number of aryl methyl sites for hydroxylation is 1. The summed E-state index contributed by atoms with van der Waals surface area (Å²) in [6, 6.07) is 9.53. The lowest BCUT2D eigenvalue weighted by molar-refractivity contribution is -0.142. The van der Waals surface area contributed by atoms with Crippen molar-refractivity contribution in [1.29, 1.82) is 0 Å². The summed E-state index contributed by atoms with van der Waals surface area (Å²) in [6.07, 6.45) is 1.78. The van der Waals surface area contributed by atoms with Crippen LogP contribution in [0.25, 0.3) is 0 Å². The van der Waals surface area contributed by atoms with Gasteiger partial charge in [-0.25, -0.2) is 4.79 Å². The molecular weight excluding hydrogens is 270 g/mol. The molecule has 0 spiro atoms. The van der Waals surface area contributed by atoms with Crippen LogP contribution in [0.4, 0.5) is 5.69 Å². The van der Waals surface area contributed by atoms with E-state index in [-0.39, 0.29) is 12.6 Å². The molecule has 0 aliphatic carbocycles. The number of hydrogen-bond acceptors (Lipinski definition) is 5. The Balaban J connectivity index is 1.93. The molecule has 0 aliphatic rings. The molecule has 1 atom stereocenters. The number of anilines is 1. The van der Waals surface area contributed by atoms with E-state index in [4.69, 9.17) is 4.74 Å². The Kier molecular flexibility index (Phi) is 4.81. The third-order valence-corrected chi connectivity index (χ3v) is 3.12. The van der Waals surface area contributed by atoms with Crippen molar-refractivity contribution >= 4 is 11.7 Å². The maximum atomic E-state index is 11.0. The summed E-state index contributed by atoms with van der Waals surface area (Å²) in [7, 11) is 3.25. The number of nitrogens with zero attached hydrogens (tertiary/aromatic N) is 2. The van der Waals surface area contributed by atoms with Gasteiger partial charge in [0, 0.05) is 18.9 Å². The molecule has 21 heavy (non-hydrogen) atoms. The fourth-order valence-corrected chi connectivity index (χ4v) is 1.98. The van der Waals surface area contributed by atoms with Crippen LogP contribution in [0.5, 0.6) is 5.75 Å². The summed E-state index contributed by atoms with van der Waals surface area (Å²) < 4.78 is 11.6. The molecule has 1 unspecified atom stereocenters. The van der Waals surface area contributed by atoms with Gasteiger partial charge in [-0.3, -0.25) is 4.68 Å². The van der Waals surface area contributed by atoms with Gasteiger partial charge >= 0.3 is 5.97 Å². The highest BCUT2D eigenvalue weighted by Crippen LogP contribution is 2.21. The fraction of sp³-hybridized carbons (Fsp3) is 0.333. The average Bonchev–Trinajstić information content (AvgIpc) is 2.92. The Labute approximate surface area is 123 Å². The zero-order chi connectivity index (χ0) is 15.2. The second kappa shape index (κ2) is 6.78. The lowest BCUT2D eigenvalue weighted by Crippen LogP contribution is -2.13. The Bertz CT molecular complexity index is 592. The van der Waals surface area contributed by atoms with Crippen LogP contribution >= 0.6 is 0 Å². The molecule has 1 heterocycles. The van der Waals surface area contributed by atoms with Crippen LogP contribution < -0.4 is 10.1 Å². The quantitative estimate of drug-likeness (QED) is 0.825. The van der Waals surface area contributed by atoms with Gasteiger partial charge in [0.25, 0.3) is 0 Å². The van der Waals surface area contributed by atoms with E-state index < -0.39 is 5.97 Å². The molecule has 0 bridgehead atoms. The molecule has 1 aromatic carbocycles. The minimum Gasteiger partial charge on any atom is -0.482 e. The lowest BCUT2D eigenvalue weighted by Gasteiger charge is -2.16. The largest absolute Gasteiger partial charge is 0.482 e. The molecule has 6 heteroatoms. The number of ether oxygens (including phenoxy) is 2. The maximum Gasteiger partial charge on any atom is 0.343 e. The normalized spacial score (nSPS) is 11.8. The van der Waals surface area contributed by atoms with Crippen LogP contribution in [0.1, 0.15) is 18.7 Å². The van der Waals surface area contributed by atoms with Crippen LogP contribution in [0.3, 0.4) is 0 Å². The van der Waals surface area contributed by atoms with E-state index in [2.05, 4.69) is 22.1 Å². The smallest absolute Gasteiger partial charge is 0.343 e. The molecule has 112 valence electrons. The summed E-state index contributed by atoms with van der Waals surface area (Å²) in [5.41, 5.74) is 2.06. The SMILES string of the molecule is COC(=O)COc1ccc(NC(C)c2ccnn2C)cc1. The van der Waals surface area contributed by atoms with Gasteiger partial charge in [0.05, 0.1) is 18.8 Å². The highest BCUT2D eigenvalue weighted by Gasteiger charge is 2.09. The molecule has 6 nitrogen and oxygen atoms in total. The van der Waals surface area contributed by atoms with E-state index in [9.17, 15) is 4.79 Å². The van der Waals surface area contributed by atoms with Gasteiger partial charge < -0.3 is 14.8 Å². The topological polar surface area (TPSA) is 65.4 Å². The minimum absolute atomic E-state index is 0.0886. The third-order valence-electron chi connectivity index (χ3n) is 3.12. The molecule has 1 N–H and O–H groups in total. The van der Waals surface area contributed by atoms with Gasteiger partial charge in [-0.1, -0.05) is 0 Å². The molecule has 1 aromatic heterocycles. The molecule has 2 rings (SSSR count). The summed E-state index contributed by atoms with van der Waals surface area (Å²) >= 11 is 0. The number of rotatable bonds is 6.